The molecule has 0 spiro atoms. The first kappa shape index (κ1) is 17.1. The van der Waals surface area contributed by atoms with E-state index in [9.17, 15) is 0 Å². The zero-order valence-corrected chi connectivity index (χ0v) is 15.3. The Morgan fingerprint density at radius 2 is 2.08 bits per heavy atom. The summed E-state index contributed by atoms with van der Waals surface area (Å²) in [5.74, 6) is 1.51. The molecule has 1 aromatic carbocycles. The van der Waals surface area contributed by atoms with Gasteiger partial charge in [-0.15, -0.1) is 11.3 Å². The van der Waals surface area contributed by atoms with Crippen molar-refractivity contribution in [1.29, 1.82) is 0 Å². The van der Waals surface area contributed by atoms with Crippen LogP contribution in [0, 0.1) is 13.8 Å². The van der Waals surface area contributed by atoms with Gasteiger partial charge in [0.05, 0.1) is 12.2 Å². The summed E-state index contributed by atoms with van der Waals surface area (Å²) in [6.07, 6.45) is 1.51. The Bertz CT molecular complexity index is 832. The summed E-state index contributed by atoms with van der Waals surface area (Å²) in [5, 5.41) is 14.4. The van der Waals surface area contributed by atoms with Crippen LogP contribution in [0.2, 0.25) is 0 Å². The number of aryl methyl sites for hydroxylation is 2. The summed E-state index contributed by atoms with van der Waals surface area (Å²) in [7, 11) is 1.76. The van der Waals surface area contributed by atoms with Crippen LogP contribution in [-0.4, -0.2) is 33.2 Å². The number of aromatic nitrogens is 4. The second-order valence-corrected chi connectivity index (χ2v) is 6.85. The Morgan fingerprint density at radius 3 is 2.76 bits per heavy atom. The molecule has 2 aromatic heterocycles. The standard InChI is InChI=1S/C17H21N7S/c1-11-12(2)25-15(23-11)9-20-17(18-3)19-8-13-5-4-6-14(7-13)16-21-10-22-24-16/h4-7,10H,8-9H2,1-3H3,(H2,18,19,20)(H,21,22,24). The van der Waals surface area contributed by atoms with Crippen molar-refractivity contribution in [3.05, 3.63) is 51.7 Å². The van der Waals surface area contributed by atoms with Gasteiger partial charge in [-0.1, -0.05) is 18.2 Å². The van der Waals surface area contributed by atoms with Crippen LogP contribution in [0.15, 0.2) is 35.6 Å². The summed E-state index contributed by atoms with van der Waals surface area (Å²) in [6, 6.07) is 8.15. The van der Waals surface area contributed by atoms with Crippen LogP contribution in [0.25, 0.3) is 11.4 Å². The molecule has 7 nitrogen and oxygen atoms in total. The summed E-state index contributed by atoms with van der Waals surface area (Å²) in [4.78, 5) is 14.2. The first-order chi connectivity index (χ1) is 12.2. The van der Waals surface area contributed by atoms with Gasteiger partial charge in [0.15, 0.2) is 11.8 Å². The lowest BCUT2D eigenvalue weighted by molar-refractivity contribution is 0.803. The highest BCUT2D eigenvalue weighted by atomic mass is 32.1. The zero-order valence-electron chi connectivity index (χ0n) is 14.5. The van der Waals surface area contributed by atoms with E-state index in [2.05, 4.69) is 54.8 Å². The fourth-order valence-electron chi connectivity index (χ4n) is 2.35. The van der Waals surface area contributed by atoms with Gasteiger partial charge in [-0.05, 0) is 25.5 Å². The fourth-order valence-corrected chi connectivity index (χ4v) is 3.23. The number of benzene rings is 1. The Labute approximate surface area is 150 Å². The minimum Gasteiger partial charge on any atom is -0.352 e. The van der Waals surface area contributed by atoms with E-state index in [1.54, 1.807) is 18.4 Å². The molecule has 0 unspecified atom stereocenters. The Morgan fingerprint density at radius 1 is 1.24 bits per heavy atom. The average Bonchev–Trinajstić information content (AvgIpc) is 3.26. The number of H-pyrrole nitrogens is 1. The average molecular weight is 355 g/mol. The number of nitrogens with zero attached hydrogens (tertiary/aromatic N) is 4. The van der Waals surface area contributed by atoms with Crippen LogP contribution in [-0.2, 0) is 13.1 Å². The van der Waals surface area contributed by atoms with E-state index in [1.807, 2.05) is 19.1 Å². The highest BCUT2D eigenvalue weighted by Gasteiger charge is 2.06. The minimum atomic E-state index is 0.664. The topological polar surface area (TPSA) is 90.9 Å². The maximum Gasteiger partial charge on any atom is 0.191 e. The number of guanidine groups is 1. The Kier molecular flexibility index (Phi) is 5.39. The van der Waals surface area contributed by atoms with E-state index in [0.29, 0.717) is 13.1 Å². The van der Waals surface area contributed by atoms with Crippen molar-refractivity contribution >= 4 is 17.3 Å². The Hall–Kier alpha value is -2.74. The molecule has 8 heteroatoms. The highest BCUT2D eigenvalue weighted by Crippen LogP contribution is 2.16. The van der Waals surface area contributed by atoms with Gasteiger partial charge < -0.3 is 10.6 Å². The molecule has 0 aliphatic rings. The SMILES string of the molecule is CN=C(NCc1cccc(-c2ncn[nH]2)c1)NCc1nc(C)c(C)s1. The minimum absolute atomic E-state index is 0.664. The van der Waals surface area contributed by atoms with E-state index < -0.39 is 0 Å². The molecule has 0 aliphatic heterocycles. The summed E-state index contributed by atoms with van der Waals surface area (Å²) in [6.45, 7) is 5.45. The summed E-state index contributed by atoms with van der Waals surface area (Å²) in [5.41, 5.74) is 3.24. The quantitative estimate of drug-likeness (QED) is 0.483. The number of nitrogens with one attached hydrogen (secondary N) is 3. The second-order valence-electron chi connectivity index (χ2n) is 5.56. The molecule has 0 saturated carbocycles. The van der Waals surface area contributed by atoms with Gasteiger partial charge in [0, 0.05) is 24.0 Å². The number of aromatic amines is 1. The number of hydrogen-bond acceptors (Lipinski definition) is 5. The molecule has 3 aromatic rings. The van der Waals surface area contributed by atoms with Crippen molar-refractivity contribution in [1.82, 2.24) is 30.8 Å². The van der Waals surface area contributed by atoms with E-state index in [1.165, 1.54) is 11.2 Å². The van der Waals surface area contributed by atoms with Crippen molar-refractivity contribution in [3.63, 3.8) is 0 Å². The predicted molar refractivity (Wildman–Crippen MR) is 100 cm³/mol. The molecule has 0 aliphatic carbocycles. The van der Waals surface area contributed by atoms with Gasteiger partial charge in [-0.3, -0.25) is 10.1 Å². The lowest BCUT2D eigenvalue weighted by atomic mass is 10.1. The first-order valence-corrected chi connectivity index (χ1v) is 8.79. The Balaban J connectivity index is 1.57. The van der Waals surface area contributed by atoms with Crippen LogP contribution in [0.1, 0.15) is 21.1 Å². The zero-order chi connectivity index (χ0) is 17.6. The number of hydrogen-bond donors (Lipinski definition) is 3. The van der Waals surface area contributed by atoms with E-state index >= 15 is 0 Å². The van der Waals surface area contributed by atoms with Crippen LogP contribution >= 0.6 is 11.3 Å². The smallest absolute Gasteiger partial charge is 0.191 e. The molecule has 130 valence electrons. The molecular formula is C17H21N7S. The molecule has 0 radical (unpaired) electrons. The van der Waals surface area contributed by atoms with Gasteiger partial charge in [0.1, 0.15) is 11.3 Å². The molecule has 3 N–H and O–H groups in total. The predicted octanol–water partition coefficient (Wildman–Crippen LogP) is 2.41. The van der Waals surface area contributed by atoms with Crippen molar-refractivity contribution < 1.29 is 0 Å². The van der Waals surface area contributed by atoms with Gasteiger partial charge in [-0.25, -0.2) is 9.97 Å². The maximum absolute atomic E-state index is 4.53. The number of aliphatic imine (C=N–C) groups is 1. The first-order valence-electron chi connectivity index (χ1n) is 7.98. The molecule has 0 saturated heterocycles. The summed E-state index contributed by atoms with van der Waals surface area (Å²) >= 11 is 1.71. The third-order valence-electron chi connectivity index (χ3n) is 3.78. The largest absolute Gasteiger partial charge is 0.352 e. The molecule has 2 heterocycles. The van der Waals surface area contributed by atoms with Gasteiger partial charge in [0.25, 0.3) is 0 Å². The molecule has 0 fully saturated rings. The molecular weight excluding hydrogens is 334 g/mol. The van der Waals surface area contributed by atoms with Crippen LogP contribution < -0.4 is 10.6 Å². The second kappa shape index (κ2) is 7.89. The fraction of sp³-hybridized carbons (Fsp3) is 0.294. The molecule has 0 atom stereocenters. The third kappa shape index (κ3) is 4.42. The maximum atomic E-state index is 4.53. The van der Waals surface area contributed by atoms with E-state index in [0.717, 1.165) is 33.6 Å². The number of rotatable bonds is 5. The van der Waals surface area contributed by atoms with Crippen molar-refractivity contribution in [2.24, 2.45) is 4.99 Å². The molecule has 0 bridgehead atoms. The molecule has 25 heavy (non-hydrogen) atoms. The lowest BCUT2D eigenvalue weighted by Gasteiger charge is -2.11. The third-order valence-corrected chi connectivity index (χ3v) is 4.85. The highest BCUT2D eigenvalue weighted by molar-refractivity contribution is 7.11. The van der Waals surface area contributed by atoms with Gasteiger partial charge in [0.2, 0.25) is 0 Å². The molecule has 3 rings (SSSR count). The summed E-state index contributed by atoms with van der Waals surface area (Å²) < 4.78 is 0. The van der Waals surface area contributed by atoms with Crippen LogP contribution in [0.4, 0.5) is 0 Å². The van der Waals surface area contributed by atoms with Gasteiger partial charge >= 0.3 is 0 Å². The van der Waals surface area contributed by atoms with E-state index in [-0.39, 0.29) is 0 Å². The number of thiazole rings is 1. The van der Waals surface area contributed by atoms with Crippen molar-refractivity contribution in [2.75, 3.05) is 7.05 Å². The van der Waals surface area contributed by atoms with Crippen molar-refractivity contribution in [2.45, 2.75) is 26.9 Å². The molecule has 0 amide bonds. The lowest BCUT2D eigenvalue weighted by Crippen LogP contribution is -2.36. The van der Waals surface area contributed by atoms with Crippen LogP contribution in [0.3, 0.4) is 0 Å². The van der Waals surface area contributed by atoms with Gasteiger partial charge in [-0.2, -0.15) is 5.10 Å². The normalized spacial score (nSPS) is 11.6. The van der Waals surface area contributed by atoms with Crippen molar-refractivity contribution in [3.8, 4) is 11.4 Å². The monoisotopic (exact) mass is 355 g/mol. The van der Waals surface area contributed by atoms with E-state index in [4.69, 9.17) is 0 Å². The van der Waals surface area contributed by atoms with Crippen LogP contribution in [0.5, 0.6) is 0 Å².